The van der Waals surface area contributed by atoms with Crippen molar-refractivity contribution < 1.29 is 0 Å². The zero-order valence-electron chi connectivity index (χ0n) is 10.5. The lowest BCUT2D eigenvalue weighted by Crippen LogP contribution is -1.97. The zero-order valence-corrected chi connectivity index (χ0v) is 11.3. The molecule has 0 aliphatic rings. The average Bonchev–Trinajstić information content (AvgIpc) is 2.43. The molecule has 0 amide bonds. The predicted octanol–water partition coefficient (Wildman–Crippen LogP) is 3.67. The molecule has 1 heterocycles. The molecule has 0 saturated carbocycles. The highest BCUT2D eigenvalue weighted by molar-refractivity contribution is 7.99. The Labute approximate surface area is 115 Å². The minimum Gasteiger partial charge on any atom is -0.368 e. The molecular formula is C15H13N3S. The van der Waals surface area contributed by atoms with Crippen molar-refractivity contribution in [2.75, 3.05) is 5.73 Å². The third kappa shape index (κ3) is 2.53. The molecule has 0 bridgehead atoms. The van der Waals surface area contributed by atoms with Gasteiger partial charge in [-0.2, -0.15) is 0 Å². The lowest BCUT2D eigenvalue weighted by Gasteiger charge is -2.06. The first kappa shape index (κ1) is 12.0. The van der Waals surface area contributed by atoms with Crippen LogP contribution in [0.4, 0.5) is 5.95 Å². The van der Waals surface area contributed by atoms with Crippen molar-refractivity contribution >= 4 is 28.5 Å². The van der Waals surface area contributed by atoms with Crippen LogP contribution in [0.25, 0.3) is 10.8 Å². The van der Waals surface area contributed by atoms with E-state index in [0.717, 1.165) is 15.5 Å². The zero-order chi connectivity index (χ0) is 13.2. The van der Waals surface area contributed by atoms with Gasteiger partial charge in [0.2, 0.25) is 5.95 Å². The van der Waals surface area contributed by atoms with Crippen molar-refractivity contribution in [1.29, 1.82) is 0 Å². The predicted molar refractivity (Wildman–Crippen MR) is 79.3 cm³/mol. The molecule has 3 rings (SSSR count). The van der Waals surface area contributed by atoms with E-state index in [1.165, 1.54) is 10.8 Å². The minimum absolute atomic E-state index is 0.314. The number of rotatable bonds is 2. The van der Waals surface area contributed by atoms with Crippen molar-refractivity contribution in [3.05, 3.63) is 54.2 Å². The first-order valence-electron chi connectivity index (χ1n) is 5.98. The van der Waals surface area contributed by atoms with Crippen molar-refractivity contribution in [3.63, 3.8) is 0 Å². The monoisotopic (exact) mass is 267 g/mol. The minimum atomic E-state index is 0.314. The van der Waals surface area contributed by atoms with E-state index in [4.69, 9.17) is 5.73 Å². The molecule has 3 aromatic rings. The lowest BCUT2D eigenvalue weighted by atomic mass is 10.1. The van der Waals surface area contributed by atoms with Gasteiger partial charge >= 0.3 is 0 Å². The molecule has 0 aliphatic carbocycles. The number of hydrogen-bond acceptors (Lipinski definition) is 4. The summed E-state index contributed by atoms with van der Waals surface area (Å²) in [7, 11) is 0. The summed E-state index contributed by atoms with van der Waals surface area (Å²) in [5.74, 6) is 0.314. The number of nitrogens with two attached hydrogens (primary N) is 1. The number of benzene rings is 2. The van der Waals surface area contributed by atoms with E-state index < -0.39 is 0 Å². The van der Waals surface area contributed by atoms with Gasteiger partial charge in [-0.3, -0.25) is 0 Å². The molecule has 0 fully saturated rings. The van der Waals surface area contributed by atoms with Gasteiger partial charge in [0.15, 0.2) is 0 Å². The maximum Gasteiger partial charge on any atom is 0.221 e. The van der Waals surface area contributed by atoms with Gasteiger partial charge in [0.1, 0.15) is 5.03 Å². The summed E-state index contributed by atoms with van der Waals surface area (Å²) < 4.78 is 0. The number of fused-ring (bicyclic) bond motifs is 1. The second-order valence-electron chi connectivity index (χ2n) is 4.33. The van der Waals surface area contributed by atoms with Gasteiger partial charge < -0.3 is 5.73 Å². The molecule has 0 spiro atoms. The maximum absolute atomic E-state index is 5.64. The van der Waals surface area contributed by atoms with Gasteiger partial charge in [-0.25, -0.2) is 9.97 Å². The van der Waals surface area contributed by atoms with E-state index in [9.17, 15) is 0 Å². The molecule has 2 N–H and O–H groups in total. The molecule has 0 aliphatic heterocycles. The molecule has 0 saturated heterocycles. The second-order valence-corrected chi connectivity index (χ2v) is 5.39. The number of nitrogens with zero attached hydrogens (tertiary/aromatic N) is 2. The fourth-order valence-electron chi connectivity index (χ4n) is 1.89. The molecule has 0 radical (unpaired) electrons. The second kappa shape index (κ2) is 4.90. The van der Waals surface area contributed by atoms with E-state index in [0.29, 0.717) is 5.95 Å². The van der Waals surface area contributed by atoms with E-state index >= 15 is 0 Å². The lowest BCUT2D eigenvalue weighted by molar-refractivity contribution is 1.02. The maximum atomic E-state index is 5.64. The Hall–Kier alpha value is -2.07. The number of hydrogen-bond donors (Lipinski definition) is 1. The van der Waals surface area contributed by atoms with Crippen LogP contribution < -0.4 is 5.73 Å². The third-order valence-corrected chi connectivity index (χ3v) is 3.98. The van der Waals surface area contributed by atoms with Crippen LogP contribution in [0, 0.1) is 6.92 Å². The van der Waals surface area contributed by atoms with Crippen LogP contribution >= 0.6 is 11.8 Å². The van der Waals surface area contributed by atoms with Crippen LogP contribution in [0.3, 0.4) is 0 Å². The van der Waals surface area contributed by atoms with Gasteiger partial charge in [-0.05, 0) is 29.8 Å². The molecule has 0 unspecified atom stereocenters. The largest absolute Gasteiger partial charge is 0.368 e. The highest BCUT2D eigenvalue weighted by Gasteiger charge is 2.05. The summed E-state index contributed by atoms with van der Waals surface area (Å²) in [4.78, 5) is 9.41. The summed E-state index contributed by atoms with van der Waals surface area (Å²) in [6.45, 7) is 1.99. The standard InChI is InChI=1S/C15H13N3S/c1-10-9-17-15(16)18-14(10)19-13-7-6-11-4-2-3-5-12(11)8-13/h2-9H,1H3,(H2,16,17,18). The quantitative estimate of drug-likeness (QED) is 0.720. The third-order valence-electron chi connectivity index (χ3n) is 2.88. The van der Waals surface area contributed by atoms with Crippen LogP contribution in [0.5, 0.6) is 0 Å². The van der Waals surface area contributed by atoms with Crippen molar-refractivity contribution in [2.24, 2.45) is 0 Å². The Morgan fingerprint density at radius 3 is 2.68 bits per heavy atom. The van der Waals surface area contributed by atoms with Crippen molar-refractivity contribution in [2.45, 2.75) is 16.8 Å². The van der Waals surface area contributed by atoms with E-state index in [-0.39, 0.29) is 0 Å². The Kier molecular flexibility index (Phi) is 3.09. The van der Waals surface area contributed by atoms with Crippen LogP contribution in [0.1, 0.15) is 5.56 Å². The van der Waals surface area contributed by atoms with Crippen LogP contribution in [-0.4, -0.2) is 9.97 Å². The highest BCUT2D eigenvalue weighted by Crippen LogP contribution is 2.30. The summed E-state index contributed by atoms with van der Waals surface area (Å²) in [6.07, 6.45) is 1.76. The van der Waals surface area contributed by atoms with Gasteiger partial charge in [-0.1, -0.05) is 42.1 Å². The number of aryl methyl sites for hydroxylation is 1. The molecule has 19 heavy (non-hydrogen) atoms. The topological polar surface area (TPSA) is 51.8 Å². The van der Waals surface area contributed by atoms with Crippen LogP contribution in [-0.2, 0) is 0 Å². The van der Waals surface area contributed by atoms with Gasteiger partial charge in [-0.15, -0.1) is 0 Å². The van der Waals surface area contributed by atoms with Crippen LogP contribution in [0.2, 0.25) is 0 Å². The first-order valence-corrected chi connectivity index (χ1v) is 6.80. The van der Waals surface area contributed by atoms with Crippen LogP contribution in [0.15, 0.2) is 58.6 Å². The summed E-state index contributed by atoms with van der Waals surface area (Å²) in [5, 5.41) is 3.38. The van der Waals surface area contributed by atoms with E-state index in [1.807, 2.05) is 19.1 Å². The molecule has 4 heteroatoms. The van der Waals surface area contributed by atoms with Gasteiger partial charge in [0, 0.05) is 16.7 Å². The Bertz CT molecular complexity index is 740. The van der Waals surface area contributed by atoms with E-state index in [1.54, 1.807) is 18.0 Å². The number of anilines is 1. The molecule has 3 nitrogen and oxygen atoms in total. The summed E-state index contributed by atoms with van der Waals surface area (Å²) in [6, 6.07) is 14.7. The van der Waals surface area contributed by atoms with Crippen molar-refractivity contribution in [1.82, 2.24) is 9.97 Å². The van der Waals surface area contributed by atoms with Gasteiger partial charge in [0.25, 0.3) is 0 Å². The first-order chi connectivity index (χ1) is 9.22. The molecule has 1 aromatic heterocycles. The number of nitrogen functional groups attached to an aromatic ring is 1. The summed E-state index contributed by atoms with van der Waals surface area (Å²) >= 11 is 1.61. The molecule has 94 valence electrons. The highest BCUT2D eigenvalue weighted by atomic mass is 32.2. The summed E-state index contributed by atoms with van der Waals surface area (Å²) in [5.41, 5.74) is 6.67. The fourth-order valence-corrected chi connectivity index (χ4v) is 2.78. The number of aromatic nitrogens is 2. The fraction of sp³-hybridized carbons (Fsp3) is 0.0667. The average molecular weight is 267 g/mol. The van der Waals surface area contributed by atoms with Crippen molar-refractivity contribution in [3.8, 4) is 0 Å². The molecular weight excluding hydrogens is 254 g/mol. The Morgan fingerprint density at radius 2 is 1.84 bits per heavy atom. The normalized spacial score (nSPS) is 10.8. The Balaban J connectivity index is 1.98. The smallest absolute Gasteiger partial charge is 0.221 e. The molecule has 2 aromatic carbocycles. The SMILES string of the molecule is Cc1cnc(N)nc1Sc1ccc2ccccc2c1. The van der Waals surface area contributed by atoms with E-state index in [2.05, 4.69) is 40.3 Å². The van der Waals surface area contributed by atoms with Gasteiger partial charge in [0.05, 0.1) is 0 Å². The Morgan fingerprint density at radius 1 is 1.05 bits per heavy atom. The molecule has 0 atom stereocenters.